The van der Waals surface area contributed by atoms with Crippen LogP contribution < -0.4 is 5.32 Å². The summed E-state index contributed by atoms with van der Waals surface area (Å²) in [4.78, 5) is 11.8. The third-order valence-corrected chi connectivity index (χ3v) is 2.69. The summed E-state index contributed by atoms with van der Waals surface area (Å²) in [5.74, 6) is -0.292. The Hall–Kier alpha value is -1.78. The van der Waals surface area contributed by atoms with E-state index in [0.717, 1.165) is 5.56 Å². The van der Waals surface area contributed by atoms with Crippen LogP contribution in [0.3, 0.4) is 0 Å². The Labute approximate surface area is 109 Å². The Morgan fingerprint density at radius 1 is 1.28 bits per heavy atom. The first kappa shape index (κ1) is 12.7. The molecule has 1 heterocycles. The predicted molar refractivity (Wildman–Crippen MR) is 67.5 cm³/mol. The minimum absolute atomic E-state index is 0.120. The number of halogens is 1. The number of amides is 1. The first-order chi connectivity index (χ1) is 8.70. The zero-order valence-corrected chi connectivity index (χ0v) is 10.2. The van der Waals surface area contributed by atoms with Crippen LogP contribution in [0.1, 0.15) is 22.2 Å². The smallest absolute Gasteiger partial charge is 0.287 e. The third kappa shape index (κ3) is 2.91. The van der Waals surface area contributed by atoms with E-state index in [2.05, 4.69) is 5.32 Å². The maximum absolute atomic E-state index is 11.8. The minimum atomic E-state index is -0.470. The molecule has 2 rings (SSSR count). The SMILES string of the molecule is O=C(N[C@H](CO)c1ccccc1)c1ccc(Cl)o1. The lowest BCUT2D eigenvalue weighted by atomic mass is 10.1. The molecule has 18 heavy (non-hydrogen) atoms. The summed E-state index contributed by atoms with van der Waals surface area (Å²) in [7, 11) is 0. The molecule has 5 heteroatoms. The third-order valence-electron chi connectivity index (χ3n) is 2.49. The lowest BCUT2D eigenvalue weighted by Crippen LogP contribution is -2.30. The molecule has 0 unspecified atom stereocenters. The van der Waals surface area contributed by atoms with Gasteiger partial charge in [0.25, 0.3) is 5.91 Å². The molecule has 2 aromatic rings. The summed E-state index contributed by atoms with van der Waals surface area (Å²) in [5, 5.41) is 12.1. The fourth-order valence-electron chi connectivity index (χ4n) is 1.59. The predicted octanol–water partition coefficient (Wildman–Crippen LogP) is 2.40. The molecule has 4 nitrogen and oxygen atoms in total. The van der Waals surface area contributed by atoms with Crippen molar-refractivity contribution in [1.29, 1.82) is 0 Å². The van der Waals surface area contributed by atoms with Gasteiger partial charge in [-0.05, 0) is 29.3 Å². The van der Waals surface area contributed by atoms with Crippen LogP contribution >= 0.6 is 11.6 Å². The highest BCUT2D eigenvalue weighted by Crippen LogP contribution is 2.16. The van der Waals surface area contributed by atoms with Crippen LogP contribution in [0.25, 0.3) is 0 Å². The fourth-order valence-corrected chi connectivity index (χ4v) is 1.73. The number of carbonyl (C=O) groups is 1. The van der Waals surface area contributed by atoms with Crippen LogP contribution in [0.15, 0.2) is 46.9 Å². The van der Waals surface area contributed by atoms with Crippen LogP contribution in [0.5, 0.6) is 0 Å². The Balaban J connectivity index is 2.10. The zero-order valence-electron chi connectivity index (χ0n) is 9.47. The second-order valence-electron chi connectivity index (χ2n) is 3.72. The molecule has 0 radical (unpaired) electrons. The number of rotatable bonds is 4. The monoisotopic (exact) mass is 265 g/mol. The van der Waals surface area contributed by atoms with Gasteiger partial charge in [-0.15, -0.1) is 0 Å². The molecule has 1 aromatic heterocycles. The highest BCUT2D eigenvalue weighted by molar-refractivity contribution is 6.29. The van der Waals surface area contributed by atoms with Gasteiger partial charge >= 0.3 is 0 Å². The van der Waals surface area contributed by atoms with Gasteiger partial charge in [0, 0.05) is 0 Å². The molecular formula is C13H12ClNO3. The quantitative estimate of drug-likeness (QED) is 0.892. The molecule has 0 aliphatic rings. The topological polar surface area (TPSA) is 62.5 Å². The Bertz CT molecular complexity index is 524. The Morgan fingerprint density at radius 2 is 2.00 bits per heavy atom. The summed E-state index contributed by atoms with van der Waals surface area (Å²) in [5.41, 5.74) is 0.825. The van der Waals surface area contributed by atoms with Crippen molar-refractivity contribution in [2.24, 2.45) is 0 Å². The van der Waals surface area contributed by atoms with Gasteiger partial charge in [-0.25, -0.2) is 0 Å². The van der Waals surface area contributed by atoms with Crippen LogP contribution in [0.4, 0.5) is 0 Å². The molecule has 1 atom stereocenters. The second-order valence-corrected chi connectivity index (χ2v) is 4.10. The number of hydrogen-bond acceptors (Lipinski definition) is 3. The lowest BCUT2D eigenvalue weighted by Gasteiger charge is -2.15. The molecule has 1 amide bonds. The van der Waals surface area contributed by atoms with E-state index in [1.54, 1.807) is 0 Å². The summed E-state index contributed by atoms with van der Waals surface area (Å²) in [6.45, 7) is -0.190. The average molecular weight is 266 g/mol. The molecule has 0 fully saturated rings. The standard InChI is InChI=1S/C13H12ClNO3/c14-12-7-6-11(18-12)13(17)15-10(8-16)9-4-2-1-3-5-9/h1-7,10,16H,8H2,(H,15,17)/t10-/m1/s1. The van der Waals surface area contributed by atoms with Crippen LogP contribution in [-0.4, -0.2) is 17.6 Å². The summed E-state index contributed by atoms with van der Waals surface area (Å²) >= 11 is 5.60. The van der Waals surface area contributed by atoms with Gasteiger partial charge < -0.3 is 14.8 Å². The number of carbonyl (C=O) groups excluding carboxylic acids is 1. The minimum Gasteiger partial charge on any atom is -0.440 e. The van der Waals surface area contributed by atoms with Crippen molar-refractivity contribution in [2.45, 2.75) is 6.04 Å². The summed E-state index contributed by atoms with van der Waals surface area (Å²) in [6.07, 6.45) is 0. The average Bonchev–Trinajstić information content (AvgIpc) is 2.83. The maximum atomic E-state index is 11.8. The van der Waals surface area contributed by atoms with E-state index in [1.807, 2.05) is 30.3 Å². The zero-order chi connectivity index (χ0) is 13.0. The van der Waals surface area contributed by atoms with Crippen LogP contribution in [-0.2, 0) is 0 Å². The number of aliphatic hydroxyl groups excluding tert-OH is 1. The van der Waals surface area contributed by atoms with E-state index in [9.17, 15) is 9.90 Å². The van der Waals surface area contributed by atoms with Crippen molar-refractivity contribution in [3.8, 4) is 0 Å². The Morgan fingerprint density at radius 3 is 2.56 bits per heavy atom. The van der Waals surface area contributed by atoms with E-state index < -0.39 is 11.9 Å². The van der Waals surface area contributed by atoms with E-state index >= 15 is 0 Å². The summed E-state index contributed by atoms with van der Waals surface area (Å²) in [6, 6.07) is 11.7. The van der Waals surface area contributed by atoms with Gasteiger partial charge in [0.05, 0.1) is 12.6 Å². The normalized spacial score (nSPS) is 12.1. The van der Waals surface area contributed by atoms with Gasteiger partial charge in [-0.2, -0.15) is 0 Å². The van der Waals surface area contributed by atoms with Crippen molar-refractivity contribution < 1.29 is 14.3 Å². The van der Waals surface area contributed by atoms with Crippen molar-refractivity contribution in [1.82, 2.24) is 5.32 Å². The van der Waals surface area contributed by atoms with Gasteiger partial charge in [0.2, 0.25) is 0 Å². The molecule has 0 aliphatic carbocycles. The maximum Gasteiger partial charge on any atom is 0.287 e. The van der Waals surface area contributed by atoms with Gasteiger partial charge in [0.1, 0.15) is 0 Å². The van der Waals surface area contributed by atoms with Gasteiger partial charge in [0.15, 0.2) is 11.0 Å². The van der Waals surface area contributed by atoms with Crippen molar-refractivity contribution >= 4 is 17.5 Å². The molecule has 0 saturated heterocycles. The highest BCUT2D eigenvalue weighted by Gasteiger charge is 2.17. The fraction of sp³-hybridized carbons (Fsp3) is 0.154. The molecule has 0 aliphatic heterocycles. The molecule has 94 valence electrons. The summed E-state index contributed by atoms with van der Waals surface area (Å²) < 4.78 is 5.00. The van der Waals surface area contributed by atoms with Crippen LogP contribution in [0.2, 0.25) is 5.22 Å². The lowest BCUT2D eigenvalue weighted by molar-refractivity contribution is 0.0888. The number of furan rings is 1. The first-order valence-electron chi connectivity index (χ1n) is 5.42. The van der Waals surface area contributed by atoms with E-state index in [4.69, 9.17) is 16.0 Å². The van der Waals surface area contributed by atoms with E-state index in [-0.39, 0.29) is 17.6 Å². The number of nitrogens with one attached hydrogen (secondary N) is 1. The molecule has 2 N–H and O–H groups in total. The molecular weight excluding hydrogens is 254 g/mol. The van der Waals surface area contributed by atoms with Crippen molar-refractivity contribution in [3.05, 3.63) is 59.0 Å². The number of hydrogen-bond donors (Lipinski definition) is 2. The molecule has 0 bridgehead atoms. The largest absolute Gasteiger partial charge is 0.440 e. The molecule has 1 aromatic carbocycles. The van der Waals surface area contributed by atoms with Gasteiger partial charge in [-0.3, -0.25) is 4.79 Å². The molecule has 0 saturated carbocycles. The van der Waals surface area contributed by atoms with Crippen LogP contribution in [0, 0.1) is 0 Å². The van der Waals surface area contributed by atoms with Gasteiger partial charge in [-0.1, -0.05) is 30.3 Å². The second kappa shape index (κ2) is 5.71. The number of benzene rings is 1. The van der Waals surface area contributed by atoms with Crippen molar-refractivity contribution in [3.63, 3.8) is 0 Å². The number of aliphatic hydroxyl groups is 1. The molecule has 0 spiro atoms. The van der Waals surface area contributed by atoms with Crippen molar-refractivity contribution in [2.75, 3.05) is 6.61 Å². The Kier molecular flexibility index (Phi) is 4.02. The first-order valence-corrected chi connectivity index (χ1v) is 5.80. The highest BCUT2D eigenvalue weighted by atomic mass is 35.5. The van der Waals surface area contributed by atoms with E-state index in [1.165, 1.54) is 12.1 Å². The van der Waals surface area contributed by atoms with E-state index in [0.29, 0.717) is 0 Å².